The maximum Gasteiger partial charge on any atom is 0.235 e. The highest BCUT2D eigenvalue weighted by Gasteiger charge is 2.29. The second kappa shape index (κ2) is 6.61. The lowest BCUT2D eigenvalue weighted by Crippen LogP contribution is -2.45. The van der Waals surface area contributed by atoms with E-state index in [1.54, 1.807) is 11.3 Å². The van der Waals surface area contributed by atoms with Gasteiger partial charge in [0, 0.05) is 13.1 Å². The van der Waals surface area contributed by atoms with Crippen LogP contribution in [0.1, 0.15) is 27.2 Å². The van der Waals surface area contributed by atoms with Gasteiger partial charge in [-0.05, 0) is 37.3 Å². The molecular formula is C18H22N4OS2. The molecule has 1 aliphatic rings. The van der Waals surface area contributed by atoms with Crippen LogP contribution < -0.4 is 0 Å². The summed E-state index contributed by atoms with van der Waals surface area (Å²) in [5.41, 5.74) is 1.11. The average molecular weight is 375 g/mol. The summed E-state index contributed by atoms with van der Waals surface area (Å²) in [6.07, 6.45) is 1.21. The Morgan fingerprint density at radius 3 is 2.72 bits per heavy atom. The summed E-state index contributed by atoms with van der Waals surface area (Å²) in [5, 5.41) is 9.24. The number of likely N-dealkylation sites (tertiary alicyclic amines) is 1. The largest absolute Gasteiger partial charge is 0.341 e. The van der Waals surface area contributed by atoms with Crippen molar-refractivity contribution in [3.05, 3.63) is 24.3 Å². The Bertz CT molecular complexity index is 908. The van der Waals surface area contributed by atoms with E-state index in [1.165, 1.54) is 22.9 Å². The number of rotatable bonds is 3. The molecular weight excluding hydrogens is 352 g/mol. The molecule has 0 N–H and O–H groups in total. The van der Waals surface area contributed by atoms with Crippen molar-refractivity contribution < 1.29 is 4.79 Å². The van der Waals surface area contributed by atoms with Gasteiger partial charge in [0.1, 0.15) is 0 Å². The third-order valence-electron chi connectivity index (χ3n) is 4.72. The Balaban J connectivity index is 1.57. The highest BCUT2D eigenvalue weighted by molar-refractivity contribution is 8.00. The van der Waals surface area contributed by atoms with E-state index in [4.69, 9.17) is 0 Å². The third kappa shape index (κ3) is 3.15. The van der Waals surface area contributed by atoms with Crippen molar-refractivity contribution in [1.29, 1.82) is 0 Å². The number of para-hydroxylation sites is 1. The van der Waals surface area contributed by atoms with Crippen LogP contribution in [-0.2, 0) is 4.79 Å². The van der Waals surface area contributed by atoms with Crippen molar-refractivity contribution in [2.45, 2.75) is 37.6 Å². The summed E-state index contributed by atoms with van der Waals surface area (Å²) >= 11 is 3.14. The molecule has 3 atom stereocenters. The molecule has 3 heterocycles. The summed E-state index contributed by atoms with van der Waals surface area (Å²) in [6.45, 7) is 8.17. The van der Waals surface area contributed by atoms with Crippen molar-refractivity contribution in [3.63, 3.8) is 0 Å². The number of benzene rings is 1. The fourth-order valence-corrected chi connectivity index (χ4v) is 5.71. The molecule has 1 aromatic carbocycles. The minimum absolute atomic E-state index is 0.163. The van der Waals surface area contributed by atoms with Crippen LogP contribution in [0.25, 0.3) is 15.2 Å². The van der Waals surface area contributed by atoms with E-state index in [1.807, 2.05) is 24.0 Å². The second-order valence-electron chi connectivity index (χ2n) is 7.12. The molecule has 1 fully saturated rings. The van der Waals surface area contributed by atoms with E-state index in [0.717, 1.165) is 28.7 Å². The van der Waals surface area contributed by atoms with Crippen LogP contribution in [0, 0.1) is 11.8 Å². The molecule has 7 heteroatoms. The first-order chi connectivity index (χ1) is 12.0. The van der Waals surface area contributed by atoms with E-state index in [9.17, 15) is 4.79 Å². The number of piperidine rings is 1. The Morgan fingerprint density at radius 1 is 1.24 bits per heavy atom. The summed E-state index contributed by atoms with van der Waals surface area (Å²) < 4.78 is 3.25. The number of aromatic nitrogens is 3. The van der Waals surface area contributed by atoms with Gasteiger partial charge in [-0.2, -0.15) is 0 Å². The molecule has 25 heavy (non-hydrogen) atoms. The number of thioether (sulfide) groups is 1. The number of nitrogens with zero attached hydrogens (tertiary/aromatic N) is 4. The van der Waals surface area contributed by atoms with Gasteiger partial charge in [-0.25, -0.2) is 0 Å². The molecule has 0 spiro atoms. The fourth-order valence-electron chi connectivity index (χ4n) is 3.74. The van der Waals surface area contributed by atoms with E-state index < -0.39 is 0 Å². The monoisotopic (exact) mass is 374 g/mol. The minimum atomic E-state index is -0.163. The van der Waals surface area contributed by atoms with Crippen LogP contribution in [0.4, 0.5) is 0 Å². The topological polar surface area (TPSA) is 50.5 Å². The summed E-state index contributed by atoms with van der Waals surface area (Å²) in [5.74, 6) is 1.36. The van der Waals surface area contributed by atoms with Gasteiger partial charge in [0.05, 0.1) is 15.5 Å². The molecule has 0 saturated carbocycles. The minimum Gasteiger partial charge on any atom is -0.341 e. The Hall–Kier alpha value is -1.60. The van der Waals surface area contributed by atoms with Gasteiger partial charge in [-0.15, -0.1) is 10.2 Å². The second-order valence-corrected chi connectivity index (χ2v) is 9.44. The van der Waals surface area contributed by atoms with Crippen LogP contribution >= 0.6 is 23.1 Å². The summed E-state index contributed by atoms with van der Waals surface area (Å²) in [7, 11) is 0. The SMILES string of the molecule is CC1CC(C)CN(C(=O)C(C)Sc2nnc3sc4ccccc4n23)C1. The molecule has 1 amide bonds. The molecule has 132 valence electrons. The molecule has 3 aromatic rings. The highest BCUT2D eigenvalue weighted by atomic mass is 32.2. The number of carbonyl (C=O) groups excluding carboxylic acids is 1. The quantitative estimate of drug-likeness (QED) is 0.652. The zero-order valence-corrected chi connectivity index (χ0v) is 16.3. The highest BCUT2D eigenvalue weighted by Crippen LogP contribution is 2.32. The van der Waals surface area contributed by atoms with Crippen LogP contribution in [-0.4, -0.2) is 43.7 Å². The normalized spacial score (nSPS) is 22.6. The van der Waals surface area contributed by atoms with Gasteiger partial charge in [0.2, 0.25) is 10.9 Å². The smallest absolute Gasteiger partial charge is 0.235 e. The van der Waals surface area contributed by atoms with Crippen molar-refractivity contribution >= 4 is 44.2 Å². The Morgan fingerprint density at radius 2 is 1.96 bits per heavy atom. The lowest BCUT2D eigenvalue weighted by Gasteiger charge is -2.36. The van der Waals surface area contributed by atoms with E-state index in [-0.39, 0.29) is 11.2 Å². The molecule has 3 unspecified atom stereocenters. The van der Waals surface area contributed by atoms with Gasteiger partial charge >= 0.3 is 0 Å². The van der Waals surface area contributed by atoms with Crippen LogP contribution in [0.2, 0.25) is 0 Å². The van der Waals surface area contributed by atoms with Gasteiger partial charge < -0.3 is 4.90 Å². The zero-order valence-electron chi connectivity index (χ0n) is 14.7. The Kier molecular flexibility index (Phi) is 4.45. The standard InChI is InChI=1S/C18H22N4OS2/c1-11-8-12(2)10-21(9-11)16(23)13(3)24-17-19-20-18-22(17)14-6-4-5-7-15(14)25-18/h4-7,11-13H,8-10H2,1-3H3. The van der Waals surface area contributed by atoms with Crippen molar-refractivity contribution in [2.24, 2.45) is 11.8 Å². The number of carbonyl (C=O) groups is 1. The third-order valence-corrected chi connectivity index (χ3v) is 6.76. The molecule has 5 nitrogen and oxygen atoms in total. The lowest BCUT2D eigenvalue weighted by molar-refractivity contribution is -0.132. The van der Waals surface area contributed by atoms with Crippen molar-refractivity contribution in [3.8, 4) is 0 Å². The molecule has 0 radical (unpaired) electrons. The number of amides is 1. The number of hydrogen-bond donors (Lipinski definition) is 0. The predicted octanol–water partition coefficient (Wildman–Crippen LogP) is 3.93. The molecule has 4 rings (SSSR count). The van der Waals surface area contributed by atoms with Crippen LogP contribution in [0.15, 0.2) is 29.4 Å². The van der Waals surface area contributed by atoms with E-state index in [0.29, 0.717) is 11.8 Å². The fraction of sp³-hybridized carbons (Fsp3) is 0.500. The van der Waals surface area contributed by atoms with Gasteiger partial charge in [-0.1, -0.05) is 49.1 Å². The molecule has 1 aliphatic heterocycles. The van der Waals surface area contributed by atoms with E-state index in [2.05, 4.69) is 40.6 Å². The first-order valence-corrected chi connectivity index (χ1v) is 10.4. The molecule has 0 aliphatic carbocycles. The summed E-state index contributed by atoms with van der Waals surface area (Å²) in [4.78, 5) is 15.8. The lowest BCUT2D eigenvalue weighted by atomic mass is 9.92. The Labute approximate surface area is 155 Å². The maximum atomic E-state index is 12.9. The number of hydrogen-bond acceptors (Lipinski definition) is 5. The first kappa shape index (κ1) is 16.8. The number of fused-ring (bicyclic) bond motifs is 3. The number of thiazole rings is 1. The van der Waals surface area contributed by atoms with Crippen molar-refractivity contribution in [2.75, 3.05) is 13.1 Å². The molecule has 0 bridgehead atoms. The van der Waals surface area contributed by atoms with Gasteiger partial charge in [0.15, 0.2) is 5.16 Å². The first-order valence-electron chi connectivity index (χ1n) is 8.71. The van der Waals surface area contributed by atoms with E-state index >= 15 is 0 Å². The van der Waals surface area contributed by atoms with Gasteiger partial charge in [-0.3, -0.25) is 9.20 Å². The van der Waals surface area contributed by atoms with Crippen LogP contribution in [0.5, 0.6) is 0 Å². The summed E-state index contributed by atoms with van der Waals surface area (Å²) in [6, 6.07) is 8.22. The molecule has 1 saturated heterocycles. The predicted molar refractivity (Wildman–Crippen MR) is 103 cm³/mol. The zero-order chi connectivity index (χ0) is 17.6. The van der Waals surface area contributed by atoms with Crippen molar-refractivity contribution in [1.82, 2.24) is 19.5 Å². The average Bonchev–Trinajstić information content (AvgIpc) is 3.13. The van der Waals surface area contributed by atoms with Crippen LogP contribution in [0.3, 0.4) is 0 Å². The maximum absolute atomic E-state index is 12.9. The molecule has 2 aromatic heterocycles. The van der Waals surface area contributed by atoms with Gasteiger partial charge in [0.25, 0.3) is 0 Å².